The van der Waals surface area contributed by atoms with Crippen molar-refractivity contribution in [2.24, 2.45) is 0 Å². The van der Waals surface area contributed by atoms with Gasteiger partial charge in [-0.3, -0.25) is 0 Å². The Hall–Kier alpha value is -2.14. The van der Waals surface area contributed by atoms with Gasteiger partial charge in [0.15, 0.2) is 17.3 Å². The SMILES string of the molecule is COc1cc(/C=C(\Cl)c2ncc(-c3ccc(Cl)cc3)o2)cc(Cl)c1O. The predicted molar refractivity (Wildman–Crippen MR) is 100 cm³/mol. The first-order chi connectivity index (χ1) is 12.0. The third-order valence-corrected chi connectivity index (χ3v) is 4.21. The van der Waals surface area contributed by atoms with Gasteiger partial charge in [0.1, 0.15) is 5.03 Å². The average molecular weight is 397 g/mol. The van der Waals surface area contributed by atoms with Crippen molar-refractivity contribution < 1.29 is 14.3 Å². The van der Waals surface area contributed by atoms with Gasteiger partial charge in [0, 0.05) is 10.6 Å². The van der Waals surface area contributed by atoms with Crippen LogP contribution in [0.2, 0.25) is 10.0 Å². The molecule has 4 nitrogen and oxygen atoms in total. The lowest BCUT2D eigenvalue weighted by Gasteiger charge is -2.06. The number of phenols is 1. The van der Waals surface area contributed by atoms with Gasteiger partial charge in [0.05, 0.1) is 18.3 Å². The highest BCUT2D eigenvalue weighted by atomic mass is 35.5. The van der Waals surface area contributed by atoms with Gasteiger partial charge in [-0.1, -0.05) is 34.8 Å². The summed E-state index contributed by atoms with van der Waals surface area (Å²) in [5.74, 6) is 0.949. The van der Waals surface area contributed by atoms with Crippen LogP contribution >= 0.6 is 34.8 Å². The first kappa shape index (κ1) is 17.7. The molecule has 0 fully saturated rings. The monoisotopic (exact) mass is 395 g/mol. The number of aromatic hydroxyl groups is 1. The quantitative estimate of drug-likeness (QED) is 0.579. The van der Waals surface area contributed by atoms with E-state index in [4.69, 9.17) is 44.0 Å². The lowest BCUT2D eigenvalue weighted by Crippen LogP contribution is -1.86. The van der Waals surface area contributed by atoms with Gasteiger partial charge in [-0.15, -0.1) is 0 Å². The summed E-state index contributed by atoms with van der Waals surface area (Å²) in [7, 11) is 1.44. The molecule has 1 heterocycles. The van der Waals surface area contributed by atoms with Gasteiger partial charge in [-0.05, 0) is 48.0 Å². The Morgan fingerprint density at radius 1 is 1.20 bits per heavy atom. The molecule has 0 aliphatic rings. The number of methoxy groups -OCH3 is 1. The molecule has 2 aromatic carbocycles. The number of phenolic OH excluding ortho intramolecular Hbond substituents is 1. The Balaban J connectivity index is 1.91. The van der Waals surface area contributed by atoms with Crippen molar-refractivity contribution in [1.29, 1.82) is 0 Å². The van der Waals surface area contributed by atoms with E-state index in [1.807, 2.05) is 12.1 Å². The topological polar surface area (TPSA) is 55.5 Å². The minimum Gasteiger partial charge on any atom is -0.503 e. The fourth-order valence-corrected chi connectivity index (χ4v) is 2.73. The number of hydrogen-bond acceptors (Lipinski definition) is 4. The van der Waals surface area contributed by atoms with Crippen molar-refractivity contribution in [3.8, 4) is 22.8 Å². The number of ether oxygens (including phenoxy) is 1. The lowest BCUT2D eigenvalue weighted by molar-refractivity contribution is 0.373. The maximum Gasteiger partial charge on any atom is 0.238 e. The van der Waals surface area contributed by atoms with E-state index in [1.54, 1.807) is 36.5 Å². The average Bonchev–Trinajstić information content (AvgIpc) is 3.08. The summed E-state index contributed by atoms with van der Waals surface area (Å²) in [5, 5.41) is 10.8. The van der Waals surface area contributed by atoms with Crippen LogP contribution in [-0.4, -0.2) is 17.2 Å². The van der Waals surface area contributed by atoms with E-state index in [-0.39, 0.29) is 27.4 Å². The third kappa shape index (κ3) is 3.93. The Kier molecular flexibility index (Phi) is 5.23. The first-order valence-electron chi connectivity index (χ1n) is 7.14. The minimum absolute atomic E-state index is 0.126. The summed E-state index contributed by atoms with van der Waals surface area (Å²) in [4.78, 5) is 4.18. The van der Waals surface area contributed by atoms with Crippen LogP contribution in [0, 0.1) is 0 Å². The van der Waals surface area contributed by atoms with Crippen LogP contribution < -0.4 is 4.74 Å². The molecular formula is C18H12Cl3NO3. The Bertz CT molecular complexity index is 933. The number of halogens is 3. The molecule has 0 spiro atoms. The molecule has 3 rings (SSSR count). The highest BCUT2D eigenvalue weighted by Gasteiger charge is 2.12. The Labute approximate surface area is 159 Å². The van der Waals surface area contributed by atoms with E-state index in [0.717, 1.165) is 5.56 Å². The molecule has 3 aromatic rings. The fraction of sp³-hybridized carbons (Fsp3) is 0.0556. The molecule has 7 heteroatoms. The smallest absolute Gasteiger partial charge is 0.238 e. The summed E-state index contributed by atoms with van der Waals surface area (Å²) < 4.78 is 10.8. The van der Waals surface area contributed by atoms with Crippen LogP contribution in [0.1, 0.15) is 11.5 Å². The standard InChI is InChI=1S/C18H12Cl3NO3/c1-24-15-8-10(6-13(20)17(15)23)7-14(21)18-22-9-16(25-18)11-2-4-12(19)5-3-11/h2-9,23H,1H3/b14-7-. The van der Waals surface area contributed by atoms with E-state index >= 15 is 0 Å². The summed E-state index contributed by atoms with van der Waals surface area (Å²) >= 11 is 18.1. The number of benzene rings is 2. The molecule has 25 heavy (non-hydrogen) atoms. The number of rotatable bonds is 4. The van der Waals surface area contributed by atoms with Crippen molar-refractivity contribution >= 4 is 45.9 Å². The summed E-state index contributed by atoms with van der Waals surface area (Å²) in [6.07, 6.45) is 3.20. The second kappa shape index (κ2) is 7.40. The van der Waals surface area contributed by atoms with Gasteiger partial charge in [-0.2, -0.15) is 0 Å². The van der Waals surface area contributed by atoms with Gasteiger partial charge >= 0.3 is 0 Å². The number of hydrogen-bond donors (Lipinski definition) is 1. The van der Waals surface area contributed by atoms with E-state index < -0.39 is 0 Å². The van der Waals surface area contributed by atoms with Crippen LogP contribution in [0.4, 0.5) is 0 Å². The van der Waals surface area contributed by atoms with Gasteiger partial charge < -0.3 is 14.3 Å². The normalized spacial score (nSPS) is 11.6. The zero-order chi connectivity index (χ0) is 18.0. The molecule has 1 aromatic heterocycles. The maximum absolute atomic E-state index is 9.77. The summed E-state index contributed by atoms with van der Waals surface area (Å²) in [6, 6.07) is 10.4. The van der Waals surface area contributed by atoms with Crippen LogP contribution in [0.25, 0.3) is 22.4 Å². The Morgan fingerprint density at radius 3 is 2.60 bits per heavy atom. The largest absolute Gasteiger partial charge is 0.503 e. The lowest BCUT2D eigenvalue weighted by atomic mass is 10.2. The van der Waals surface area contributed by atoms with Gasteiger partial charge in [-0.25, -0.2) is 4.98 Å². The minimum atomic E-state index is -0.126. The fourth-order valence-electron chi connectivity index (χ4n) is 2.17. The molecule has 0 bridgehead atoms. The summed E-state index contributed by atoms with van der Waals surface area (Å²) in [6.45, 7) is 0. The first-order valence-corrected chi connectivity index (χ1v) is 8.27. The second-order valence-electron chi connectivity index (χ2n) is 5.08. The van der Waals surface area contributed by atoms with Crippen molar-refractivity contribution in [3.63, 3.8) is 0 Å². The zero-order valence-corrected chi connectivity index (χ0v) is 15.2. The number of aromatic nitrogens is 1. The Morgan fingerprint density at radius 2 is 1.92 bits per heavy atom. The van der Waals surface area contributed by atoms with Crippen LogP contribution in [0.5, 0.6) is 11.5 Å². The van der Waals surface area contributed by atoms with E-state index in [1.165, 1.54) is 7.11 Å². The highest BCUT2D eigenvalue weighted by molar-refractivity contribution is 6.50. The molecule has 0 atom stereocenters. The van der Waals surface area contributed by atoms with E-state index in [0.29, 0.717) is 16.3 Å². The van der Waals surface area contributed by atoms with Gasteiger partial charge in [0.25, 0.3) is 0 Å². The highest BCUT2D eigenvalue weighted by Crippen LogP contribution is 2.36. The van der Waals surface area contributed by atoms with Gasteiger partial charge in [0.2, 0.25) is 5.89 Å². The molecule has 0 saturated carbocycles. The predicted octanol–water partition coefficient (Wildman–Crippen LogP) is 6.10. The third-order valence-electron chi connectivity index (χ3n) is 3.40. The van der Waals surface area contributed by atoms with E-state index in [2.05, 4.69) is 4.98 Å². The summed E-state index contributed by atoms with van der Waals surface area (Å²) in [5.41, 5.74) is 1.47. The molecule has 0 radical (unpaired) electrons. The molecule has 0 aliphatic carbocycles. The van der Waals surface area contributed by atoms with E-state index in [9.17, 15) is 5.11 Å². The molecule has 0 unspecified atom stereocenters. The number of nitrogens with zero attached hydrogens (tertiary/aromatic N) is 1. The molecule has 1 N–H and O–H groups in total. The second-order valence-corrected chi connectivity index (χ2v) is 6.33. The van der Waals surface area contributed by atoms with Crippen molar-refractivity contribution in [2.75, 3.05) is 7.11 Å². The van der Waals surface area contributed by atoms with Crippen molar-refractivity contribution in [1.82, 2.24) is 4.98 Å². The maximum atomic E-state index is 9.77. The van der Waals surface area contributed by atoms with Crippen LogP contribution in [0.15, 0.2) is 47.0 Å². The van der Waals surface area contributed by atoms with Crippen LogP contribution in [-0.2, 0) is 0 Å². The van der Waals surface area contributed by atoms with Crippen molar-refractivity contribution in [3.05, 3.63) is 64.1 Å². The molecular weight excluding hydrogens is 385 g/mol. The van der Waals surface area contributed by atoms with Crippen LogP contribution in [0.3, 0.4) is 0 Å². The van der Waals surface area contributed by atoms with Crippen molar-refractivity contribution in [2.45, 2.75) is 0 Å². The molecule has 0 saturated heterocycles. The molecule has 128 valence electrons. The molecule has 0 amide bonds. The zero-order valence-electron chi connectivity index (χ0n) is 13.0. The molecule has 0 aliphatic heterocycles. The number of oxazole rings is 1.